The molecule has 0 bridgehead atoms. The summed E-state index contributed by atoms with van der Waals surface area (Å²) in [6, 6.07) is 8.86. The molecule has 0 aliphatic carbocycles. The standard InChI is InChI=1S/C19H27IN3O7PS/c1-19(2,29-31(28)30-20)16(25)17(26)23-9-8-15(24)22-10-11-32-18(27)14(21)12-13-6-4-3-5-7-13/h3-7,14,16,25H,8-12,21H2,1-2H3,(H-,22,23,24,26)/p+1/t14-,16+/m0/s1. The van der Waals surface area contributed by atoms with Gasteiger partial charge < -0.3 is 21.5 Å². The van der Waals surface area contributed by atoms with Crippen LogP contribution in [0.1, 0.15) is 25.8 Å². The van der Waals surface area contributed by atoms with E-state index in [1.165, 1.54) is 36.9 Å². The van der Waals surface area contributed by atoms with Crippen LogP contribution in [-0.2, 0) is 32.7 Å². The largest absolute Gasteiger partial charge is 0.708 e. The van der Waals surface area contributed by atoms with Crippen LogP contribution in [0.4, 0.5) is 0 Å². The summed E-state index contributed by atoms with van der Waals surface area (Å²) in [5, 5.41) is 15.0. The highest BCUT2D eigenvalue weighted by Gasteiger charge is 2.43. The van der Waals surface area contributed by atoms with Gasteiger partial charge in [-0.25, -0.2) is 0 Å². The quantitative estimate of drug-likeness (QED) is 0.142. The lowest BCUT2D eigenvalue weighted by Crippen LogP contribution is -2.49. The number of amides is 2. The van der Waals surface area contributed by atoms with Gasteiger partial charge in [-0.3, -0.25) is 14.4 Å². The first-order valence-corrected chi connectivity index (χ1v) is 12.7. The highest BCUT2D eigenvalue weighted by atomic mass is 127. The third kappa shape index (κ3) is 11.1. The summed E-state index contributed by atoms with van der Waals surface area (Å²) in [6.07, 6.45) is -1.18. The molecule has 10 nitrogen and oxygen atoms in total. The second-order valence-corrected chi connectivity index (χ2v) is 10.3. The average molecular weight is 600 g/mol. The van der Waals surface area contributed by atoms with Crippen molar-refractivity contribution in [2.24, 2.45) is 5.73 Å². The minimum absolute atomic E-state index is 0.0131. The molecule has 0 saturated heterocycles. The van der Waals surface area contributed by atoms with Gasteiger partial charge in [0.25, 0.3) is 5.91 Å². The molecule has 0 radical (unpaired) electrons. The molecule has 1 unspecified atom stereocenters. The lowest BCUT2D eigenvalue weighted by atomic mass is 10.0. The number of hydrogen-bond donors (Lipinski definition) is 4. The molecule has 0 fully saturated rings. The van der Waals surface area contributed by atoms with Gasteiger partial charge in [-0.1, -0.05) is 42.1 Å². The molecule has 0 aliphatic heterocycles. The first kappa shape index (κ1) is 28.9. The van der Waals surface area contributed by atoms with Crippen LogP contribution >= 0.6 is 43.0 Å². The predicted octanol–water partition coefficient (Wildman–Crippen LogP) is 1.62. The zero-order valence-electron chi connectivity index (χ0n) is 17.8. The fraction of sp³-hybridized carbons (Fsp3) is 0.526. The fourth-order valence-electron chi connectivity index (χ4n) is 2.46. The van der Waals surface area contributed by atoms with E-state index in [9.17, 15) is 24.1 Å². The summed E-state index contributed by atoms with van der Waals surface area (Å²) in [4.78, 5) is 36.0. The van der Waals surface area contributed by atoms with Gasteiger partial charge in [0.05, 0.1) is 6.04 Å². The Bertz CT molecular complexity index is 785. The van der Waals surface area contributed by atoms with Gasteiger partial charge in [-0.05, 0) is 28.7 Å². The maximum Gasteiger partial charge on any atom is 0.708 e. The zero-order valence-corrected chi connectivity index (χ0v) is 21.7. The molecular formula is C19H28IN3O7PS+. The van der Waals surface area contributed by atoms with E-state index in [1.807, 2.05) is 30.3 Å². The van der Waals surface area contributed by atoms with Crippen LogP contribution in [0.5, 0.6) is 0 Å². The summed E-state index contributed by atoms with van der Waals surface area (Å²) in [5.41, 5.74) is 5.46. The van der Waals surface area contributed by atoms with E-state index in [1.54, 1.807) is 0 Å². The molecule has 0 spiro atoms. The number of thioether (sulfide) groups is 1. The SMILES string of the molecule is CC(C)(O[P+](=O)OI)[C@H](O)C(=O)NCCC(=O)NCCSC(=O)[C@@H](N)Cc1ccccc1. The Balaban J connectivity index is 2.22. The van der Waals surface area contributed by atoms with Crippen LogP contribution in [0.25, 0.3) is 0 Å². The number of aliphatic hydroxyl groups is 1. The Morgan fingerprint density at radius 1 is 1.22 bits per heavy atom. The van der Waals surface area contributed by atoms with Crippen molar-refractivity contribution in [3.05, 3.63) is 35.9 Å². The van der Waals surface area contributed by atoms with E-state index in [0.717, 1.165) is 17.3 Å². The fourth-order valence-corrected chi connectivity index (χ4v) is 3.91. The van der Waals surface area contributed by atoms with Crippen molar-refractivity contribution in [2.75, 3.05) is 18.8 Å². The molecule has 0 heterocycles. The van der Waals surface area contributed by atoms with Crippen molar-refractivity contribution in [1.29, 1.82) is 0 Å². The number of nitrogens with two attached hydrogens (primary N) is 1. The number of carbonyl (C=O) groups excluding carboxylic acids is 3. The lowest BCUT2D eigenvalue weighted by Gasteiger charge is -2.23. The number of hydrogen-bond acceptors (Lipinski definition) is 9. The predicted molar refractivity (Wildman–Crippen MR) is 130 cm³/mol. The van der Waals surface area contributed by atoms with E-state index in [2.05, 4.69) is 13.5 Å². The molecular weight excluding hydrogens is 572 g/mol. The van der Waals surface area contributed by atoms with Gasteiger partial charge in [0.2, 0.25) is 11.0 Å². The van der Waals surface area contributed by atoms with Gasteiger partial charge in [-0.15, -0.1) is 4.52 Å². The molecule has 32 heavy (non-hydrogen) atoms. The molecule has 178 valence electrons. The second-order valence-electron chi connectivity index (χ2n) is 7.24. The number of carbonyl (C=O) groups is 3. The Morgan fingerprint density at radius 3 is 2.50 bits per heavy atom. The van der Waals surface area contributed by atoms with E-state index in [4.69, 9.17) is 10.3 Å². The molecule has 1 aromatic rings. The van der Waals surface area contributed by atoms with E-state index >= 15 is 0 Å². The molecule has 0 aliphatic rings. The Hall–Kier alpha value is -1.15. The van der Waals surface area contributed by atoms with E-state index < -0.39 is 31.9 Å². The molecule has 1 rings (SSSR count). The van der Waals surface area contributed by atoms with Gasteiger partial charge in [-0.2, -0.15) is 0 Å². The van der Waals surface area contributed by atoms with Crippen molar-refractivity contribution in [3.8, 4) is 0 Å². The van der Waals surface area contributed by atoms with Crippen LogP contribution in [0.15, 0.2) is 30.3 Å². The smallest absolute Gasteiger partial charge is 0.380 e. The van der Waals surface area contributed by atoms with Crippen molar-refractivity contribution in [1.82, 2.24) is 10.6 Å². The first-order valence-electron chi connectivity index (χ1n) is 9.70. The molecule has 1 aromatic carbocycles. The minimum Gasteiger partial charge on any atom is -0.380 e. The number of nitrogens with one attached hydrogen (secondary N) is 2. The highest BCUT2D eigenvalue weighted by molar-refractivity contribution is 14.1. The maximum absolute atomic E-state index is 12.1. The topological polar surface area (TPSA) is 157 Å². The number of halogens is 1. The molecule has 3 atom stereocenters. The van der Waals surface area contributed by atoms with Crippen molar-refractivity contribution in [2.45, 2.75) is 44.4 Å². The number of benzene rings is 1. The number of rotatable bonds is 14. The maximum atomic E-state index is 12.1. The highest BCUT2D eigenvalue weighted by Crippen LogP contribution is 2.35. The summed E-state index contributed by atoms with van der Waals surface area (Å²) < 4.78 is 20.8. The monoisotopic (exact) mass is 600 g/mol. The third-order valence-electron chi connectivity index (χ3n) is 4.19. The zero-order chi connectivity index (χ0) is 24.1. The van der Waals surface area contributed by atoms with Crippen LogP contribution in [0.3, 0.4) is 0 Å². The lowest BCUT2D eigenvalue weighted by molar-refractivity contribution is -0.139. The normalized spacial score (nSPS) is 13.7. The van der Waals surface area contributed by atoms with Crippen molar-refractivity contribution in [3.63, 3.8) is 0 Å². The van der Waals surface area contributed by atoms with Crippen LogP contribution in [0.2, 0.25) is 0 Å². The van der Waals surface area contributed by atoms with Crippen LogP contribution < -0.4 is 16.4 Å². The Labute approximate surface area is 206 Å². The molecule has 0 saturated carbocycles. The summed E-state index contributed by atoms with van der Waals surface area (Å²) in [6.45, 7) is 3.03. The van der Waals surface area contributed by atoms with Crippen LogP contribution in [0, 0.1) is 0 Å². The first-order chi connectivity index (χ1) is 15.1. The summed E-state index contributed by atoms with van der Waals surface area (Å²) in [5.74, 6) is -0.715. The average Bonchev–Trinajstić information content (AvgIpc) is 2.76. The van der Waals surface area contributed by atoms with Gasteiger partial charge in [0.1, 0.15) is 0 Å². The summed E-state index contributed by atoms with van der Waals surface area (Å²) >= 11 is 2.44. The Kier molecular flexibility index (Phi) is 13.4. The molecule has 2 amide bonds. The molecule has 13 heteroatoms. The van der Waals surface area contributed by atoms with Gasteiger partial charge in [0.15, 0.2) is 34.7 Å². The van der Waals surface area contributed by atoms with Crippen molar-refractivity contribution < 1.29 is 31.4 Å². The van der Waals surface area contributed by atoms with Crippen LogP contribution in [-0.4, -0.2) is 58.6 Å². The number of aliphatic hydroxyl groups excluding tert-OH is 1. The minimum atomic E-state index is -2.48. The van der Waals surface area contributed by atoms with E-state index in [0.29, 0.717) is 12.2 Å². The van der Waals surface area contributed by atoms with Crippen molar-refractivity contribution >= 4 is 60.0 Å². The second kappa shape index (κ2) is 14.9. The van der Waals surface area contributed by atoms with Gasteiger partial charge in [0, 0.05) is 29.8 Å². The third-order valence-corrected chi connectivity index (χ3v) is 6.89. The van der Waals surface area contributed by atoms with E-state index in [-0.39, 0.29) is 30.5 Å². The summed E-state index contributed by atoms with van der Waals surface area (Å²) in [7, 11) is -2.48. The van der Waals surface area contributed by atoms with Gasteiger partial charge >= 0.3 is 8.25 Å². The molecule has 5 N–H and O–H groups in total. The Morgan fingerprint density at radius 2 is 1.88 bits per heavy atom. The molecule has 0 aromatic heterocycles.